The molecule has 0 atom stereocenters. The van der Waals surface area contributed by atoms with Gasteiger partial charge >= 0.3 is 0 Å². The van der Waals surface area contributed by atoms with Crippen LogP contribution in [0.25, 0.3) is 0 Å². The lowest BCUT2D eigenvalue weighted by Gasteiger charge is -2.19. The summed E-state index contributed by atoms with van der Waals surface area (Å²) in [5.41, 5.74) is 1.31. The van der Waals surface area contributed by atoms with Gasteiger partial charge in [-0.05, 0) is 23.1 Å². The van der Waals surface area contributed by atoms with E-state index >= 15 is 0 Å². The molecule has 5 heteroatoms. The third kappa shape index (κ3) is 3.70. The molecule has 0 amide bonds. The second-order valence-corrected chi connectivity index (χ2v) is 5.56. The second-order valence-electron chi connectivity index (χ2n) is 5.29. The highest BCUT2D eigenvalue weighted by Gasteiger charge is 2.14. The molecule has 0 aliphatic carbocycles. The number of aromatic nitrogens is 2. The summed E-state index contributed by atoms with van der Waals surface area (Å²) in [6.07, 6.45) is 0. The van der Waals surface area contributed by atoms with Crippen LogP contribution in [0.4, 0.5) is 0 Å². The molecule has 1 aromatic heterocycles. The first-order chi connectivity index (χ1) is 8.99. The Labute approximate surface area is 117 Å². The second kappa shape index (κ2) is 5.61. The number of halogens is 1. The van der Waals surface area contributed by atoms with E-state index in [4.69, 9.17) is 20.8 Å². The quantitative estimate of drug-likeness (QED) is 0.802. The summed E-state index contributed by atoms with van der Waals surface area (Å²) in [6, 6.07) is 8.01. The van der Waals surface area contributed by atoms with Gasteiger partial charge in [0.05, 0.1) is 0 Å². The maximum absolute atomic E-state index is 5.65. The van der Waals surface area contributed by atoms with Crippen molar-refractivity contribution in [3.8, 4) is 5.75 Å². The summed E-state index contributed by atoms with van der Waals surface area (Å²) in [5.74, 6) is 1.84. The number of nitrogens with zero attached hydrogens (tertiary/aromatic N) is 2. The van der Waals surface area contributed by atoms with Crippen molar-refractivity contribution in [3.05, 3.63) is 41.6 Å². The highest BCUT2D eigenvalue weighted by Crippen LogP contribution is 2.25. The zero-order valence-corrected chi connectivity index (χ0v) is 12.1. The van der Waals surface area contributed by atoms with Crippen molar-refractivity contribution >= 4 is 11.6 Å². The van der Waals surface area contributed by atoms with Gasteiger partial charge < -0.3 is 9.15 Å². The van der Waals surface area contributed by atoms with E-state index in [9.17, 15) is 0 Å². The molecule has 0 spiro atoms. The Morgan fingerprint density at radius 2 is 1.95 bits per heavy atom. The van der Waals surface area contributed by atoms with Crippen LogP contribution < -0.4 is 4.74 Å². The molecule has 0 radical (unpaired) electrons. The number of benzene rings is 1. The molecule has 102 valence electrons. The molecule has 0 saturated heterocycles. The molecule has 0 aliphatic rings. The topological polar surface area (TPSA) is 48.2 Å². The summed E-state index contributed by atoms with van der Waals surface area (Å²) in [6.45, 7) is 6.74. The first-order valence-electron chi connectivity index (χ1n) is 6.09. The van der Waals surface area contributed by atoms with Crippen LogP contribution in [-0.2, 0) is 17.9 Å². The predicted molar refractivity (Wildman–Crippen MR) is 73.3 cm³/mol. The Morgan fingerprint density at radius 3 is 2.58 bits per heavy atom. The maximum atomic E-state index is 5.65. The van der Waals surface area contributed by atoms with Crippen LogP contribution in [0.5, 0.6) is 5.75 Å². The number of rotatable bonds is 4. The number of ether oxygens (including phenoxy) is 1. The average molecular weight is 281 g/mol. The summed E-state index contributed by atoms with van der Waals surface area (Å²) in [4.78, 5) is 0. The molecule has 0 unspecified atom stereocenters. The van der Waals surface area contributed by atoms with Gasteiger partial charge in [0, 0.05) is 0 Å². The van der Waals surface area contributed by atoms with Crippen molar-refractivity contribution in [3.63, 3.8) is 0 Å². The van der Waals surface area contributed by atoms with E-state index in [0.29, 0.717) is 11.8 Å². The zero-order chi connectivity index (χ0) is 13.9. The summed E-state index contributed by atoms with van der Waals surface area (Å²) < 4.78 is 10.9. The van der Waals surface area contributed by atoms with Crippen LogP contribution in [0.3, 0.4) is 0 Å². The minimum Gasteiger partial charge on any atom is -0.484 e. The van der Waals surface area contributed by atoms with E-state index in [1.165, 1.54) is 5.56 Å². The molecule has 19 heavy (non-hydrogen) atoms. The third-order valence-corrected chi connectivity index (χ3v) is 2.91. The van der Waals surface area contributed by atoms with Gasteiger partial charge in [0.1, 0.15) is 11.6 Å². The van der Waals surface area contributed by atoms with Gasteiger partial charge in [-0.1, -0.05) is 32.9 Å². The Hall–Kier alpha value is -1.55. The third-order valence-electron chi connectivity index (χ3n) is 2.69. The standard InChI is InChI=1S/C14H17ClN2O2/c1-14(2,3)10-5-4-6-11(7-10)18-9-13-17-16-12(8-15)19-13/h4-7H,8-9H2,1-3H3. The zero-order valence-electron chi connectivity index (χ0n) is 11.3. The number of hydrogen-bond acceptors (Lipinski definition) is 4. The lowest BCUT2D eigenvalue weighted by Crippen LogP contribution is -2.11. The van der Waals surface area contributed by atoms with Crippen molar-refractivity contribution < 1.29 is 9.15 Å². The van der Waals surface area contributed by atoms with Crippen LogP contribution in [0, 0.1) is 0 Å². The molecular weight excluding hydrogens is 264 g/mol. The van der Waals surface area contributed by atoms with Crippen LogP contribution >= 0.6 is 11.6 Å². The summed E-state index contributed by atoms with van der Waals surface area (Å²) >= 11 is 5.59. The molecule has 0 fully saturated rings. The Morgan fingerprint density at radius 1 is 1.21 bits per heavy atom. The van der Waals surface area contributed by atoms with Gasteiger partial charge in [0.15, 0.2) is 6.61 Å². The number of hydrogen-bond donors (Lipinski definition) is 0. The molecule has 1 heterocycles. The Bertz CT molecular complexity index is 546. The van der Waals surface area contributed by atoms with E-state index in [1.54, 1.807) is 0 Å². The fourth-order valence-electron chi connectivity index (χ4n) is 1.60. The molecular formula is C14H17ClN2O2. The SMILES string of the molecule is CC(C)(C)c1cccc(OCc2nnc(CCl)o2)c1. The number of alkyl halides is 1. The highest BCUT2D eigenvalue weighted by molar-refractivity contribution is 6.16. The normalized spacial score (nSPS) is 11.6. The molecule has 2 aromatic rings. The minimum atomic E-state index is 0.0929. The summed E-state index contributed by atoms with van der Waals surface area (Å²) in [7, 11) is 0. The Kier molecular flexibility index (Phi) is 4.10. The van der Waals surface area contributed by atoms with Crippen LogP contribution in [0.2, 0.25) is 0 Å². The van der Waals surface area contributed by atoms with E-state index in [1.807, 2.05) is 18.2 Å². The van der Waals surface area contributed by atoms with Crippen LogP contribution in [-0.4, -0.2) is 10.2 Å². The lowest BCUT2D eigenvalue weighted by molar-refractivity contribution is 0.259. The largest absolute Gasteiger partial charge is 0.484 e. The molecule has 0 bridgehead atoms. The summed E-state index contributed by atoms with van der Waals surface area (Å²) in [5, 5.41) is 7.62. The van der Waals surface area contributed by atoms with Gasteiger partial charge in [0.25, 0.3) is 5.89 Å². The fourth-order valence-corrected chi connectivity index (χ4v) is 1.71. The molecule has 0 saturated carbocycles. The average Bonchev–Trinajstić information content (AvgIpc) is 2.84. The van der Waals surface area contributed by atoms with Crippen molar-refractivity contribution in [2.45, 2.75) is 38.7 Å². The molecule has 0 N–H and O–H groups in total. The van der Waals surface area contributed by atoms with Gasteiger partial charge in [-0.3, -0.25) is 0 Å². The van der Waals surface area contributed by atoms with Crippen molar-refractivity contribution in [2.75, 3.05) is 0 Å². The predicted octanol–water partition coefficient (Wildman–Crippen LogP) is 3.68. The van der Waals surface area contributed by atoms with Gasteiger partial charge in [-0.25, -0.2) is 0 Å². The van der Waals surface area contributed by atoms with E-state index in [-0.39, 0.29) is 17.9 Å². The minimum absolute atomic E-state index is 0.0929. The first-order valence-corrected chi connectivity index (χ1v) is 6.63. The molecule has 4 nitrogen and oxygen atoms in total. The molecule has 0 aliphatic heterocycles. The van der Waals surface area contributed by atoms with Crippen LogP contribution in [0.15, 0.2) is 28.7 Å². The Balaban J connectivity index is 2.03. The maximum Gasteiger partial charge on any atom is 0.253 e. The van der Waals surface area contributed by atoms with Crippen LogP contribution in [0.1, 0.15) is 38.1 Å². The first kappa shape index (κ1) is 13.9. The monoisotopic (exact) mass is 280 g/mol. The fraction of sp³-hybridized carbons (Fsp3) is 0.429. The van der Waals surface area contributed by atoms with E-state index < -0.39 is 0 Å². The molecule has 1 aromatic carbocycles. The smallest absolute Gasteiger partial charge is 0.253 e. The van der Waals surface area contributed by atoms with Gasteiger partial charge in [-0.15, -0.1) is 21.8 Å². The van der Waals surface area contributed by atoms with Gasteiger partial charge in [-0.2, -0.15) is 0 Å². The highest BCUT2D eigenvalue weighted by atomic mass is 35.5. The van der Waals surface area contributed by atoms with Crippen molar-refractivity contribution in [1.29, 1.82) is 0 Å². The van der Waals surface area contributed by atoms with E-state index in [0.717, 1.165) is 5.75 Å². The van der Waals surface area contributed by atoms with E-state index in [2.05, 4.69) is 37.0 Å². The van der Waals surface area contributed by atoms with Crippen molar-refractivity contribution in [1.82, 2.24) is 10.2 Å². The molecule has 2 rings (SSSR count). The van der Waals surface area contributed by atoms with Gasteiger partial charge in [0.2, 0.25) is 5.89 Å². The lowest BCUT2D eigenvalue weighted by atomic mass is 9.87. The van der Waals surface area contributed by atoms with Crippen molar-refractivity contribution in [2.24, 2.45) is 0 Å².